The standard InChI is InChI=1S/C12H14ClF3N2O2S/c1-18(8-5-6-17-7-8)21(19,20)11-9(12(14,15)16)3-2-4-10(11)13/h2-4,8,17H,5-7H2,1H3. The molecule has 1 aromatic rings. The quantitative estimate of drug-likeness (QED) is 0.917. The maximum absolute atomic E-state index is 13.0. The lowest BCUT2D eigenvalue weighted by Gasteiger charge is -2.25. The van der Waals surface area contributed by atoms with Crippen molar-refractivity contribution >= 4 is 21.6 Å². The van der Waals surface area contributed by atoms with Crippen LogP contribution in [0.15, 0.2) is 23.1 Å². The number of hydrogen-bond donors (Lipinski definition) is 1. The molecule has 1 aliphatic heterocycles. The number of nitrogens with zero attached hydrogens (tertiary/aromatic N) is 1. The Labute approximate surface area is 125 Å². The highest BCUT2D eigenvalue weighted by molar-refractivity contribution is 7.89. The number of sulfonamides is 1. The number of rotatable bonds is 3. The van der Waals surface area contributed by atoms with Gasteiger partial charge in [0.05, 0.1) is 10.6 Å². The van der Waals surface area contributed by atoms with Gasteiger partial charge in [0.15, 0.2) is 0 Å². The monoisotopic (exact) mass is 342 g/mol. The largest absolute Gasteiger partial charge is 0.417 e. The van der Waals surface area contributed by atoms with Crippen LogP contribution in [0.5, 0.6) is 0 Å². The molecule has 0 aromatic heterocycles. The first-order valence-corrected chi connectivity index (χ1v) is 8.02. The number of nitrogens with one attached hydrogen (secondary N) is 1. The third-order valence-corrected chi connectivity index (χ3v) is 5.90. The summed E-state index contributed by atoms with van der Waals surface area (Å²) in [6.45, 7) is 1.03. The van der Waals surface area contributed by atoms with Crippen molar-refractivity contribution in [3.05, 3.63) is 28.8 Å². The Kier molecular flexibility index (Phi) is 4.53. The van der Waals surface area contributed by atoms with E-state index < -0.39 is 31.7 Å². The van der Waals surface area contributed by atoms with Gasteiger partial charge in [-0.1, -0.05) is 17.7 Å². The van der Waals surface area contributed by atoms with E-state index in [1.807, 2.05) is 0 Å². The van der Waals surface area contributed by atoms with Gasteiger partial charge in [0.2, 0.25) is 10.0 Å². The molecule has 4 nitrogen and oxygen atoms in total. The van der Waals surface area contributed by atoms with Gasteiger partial charge >= 0.3 is 6.18 Å². The second kappa shape index (κ2) is 5.75. The predicted octanol–water partition coefficient (Wildman–Crippen LogP) is 2.34. The number of benzene rings is 1. The lowest BCUT2D eigenvalue weighted by Crippen LogP contribution is -2.39. The van der Waals surface area contributed by atoms with Crippen molar-refractivity contribution in [2.75, 3.05) is 20.1 Å². The Morgan fingerprint density at radius 2 is 2.05 bits per heavy atom. The van der Waals surface area contributed by atoms with Gasteiger partial charge in [-0.05, 0) is 25.1 Å². The molecule has 0 bridgehead atoms. The first-order valence-electron chi connectivity index (χ1n) is 6.20. The van der Waals surface area contributed by atoms with Crippen LogP contribution >= 0.6 is 11.6 Å². The Balaban J connectivity index is 2.54. The van der Waals surface area contributed by atoms with Crippen molar-refractivity contribution in [1.29, 1.82) is 0 Å². The minimum Gasteiger partial charge on any atom is -0.315 e. The van der Waals surface area contributed by atoms with Gasteiger partial charge in [-0.15, -0.1) is 0 Å². The van der Waals surface area contributed by atoms with E-state index in [2.05, 4.69) is 5.32 Å². The molecule has 1 aromatic carbocycles. The van der Waals surface area contributed by atoms with E-state index in [-0.39, 0.29) is 6.04 Å². The zero-order valence-electron chi connectivity index (χ0n) is 11.1. The average Bonchev–Trinajstić information content (AvgIpc) is 2.89. The molecule has 118 valence electrons. The van der Waals surface area contributed by atoms with Gasteiger partial charge in [0.25, 0.3) is 0 Å². The molecule has 0 amide bonds. The summed E-state index contributed by atoms with van der Waals surface area (Å²) in [4.78, 5) is -0.881. The first-order chi connectivity index (χ1) is 9.65. The zero-order chi connectivity index (χ0) is 15.8. The summed E-state index contributed by atoms with van der Waals surface area (Å²) in [7, 11) is -3.05. The fourth-order valence-electron chi connectivity index (χ4n) is 2.28. The third-order valence-electron chi connectivity index (χ3n) is 3.46. The van der Waals surface area contributed by atoms with Gasteiger partial charge in [-0.25, -0.2) is 8.42 Å². The van der Waals surface area contributed by atoms with Crippen LogP contribution in [0.4, 0.5) is 13.2 Å². The molecular formula is C12H14ClF3N2O2S. The Bertz CT molecular complexity index is 628. The molecule has 1 unspecified atom stereocenters. The molecule has 0 saturated carbocycles. The highest BCUT2D eigenvalue weighted by Gasteiger charge is 2.41. The Hall–Kier alpha value is -0.830. The molecule has 0 aliphatic carbocycles. The summed E-state index contributed by atoms with van der Waals surface area (Å²) in [5.74, 6) is 0. The lowest BCUT2D eigenvalue weighted by molar-refractivity contribution is -0.139. The van der Waals surface area contributed by atoms with Crippen molar-refractivity contribution in [1.82, 2.24) is 9.62 Å². The van der Waals surface area contributed by atoms with E-state index in [0.29, 0.717) is 19.5 Å². The van der Waals surface area contributed by atoms with Crippen LogP contribution in [0.1, 0.15) is 12.0 Å². The van der Waals surface area contributed by atoms with Crippen molar-refractivity contribution in [3.63, 3.8) is 0 Å². The van der Waals surface area contributed by atoms with Crippen molar-refractivity contribution < 1.29 is 21.6 Å². The summed E-state index contributed by atoms with van der Waals surface area (Å²) >= 11 is 5.75. The van der Waals surface area contributed by atoms with E-state index in [1.54, 1.807) is 0 Å². The van der Waals surface area contributed by atoms with Gasteiger partial charge in [-0.2, -0.15) is 17.5 Å². The molecule has 1 atom stereocenters. The molecule has 1 heterocycles. The highest BCUT2D eigenvalue weighted by Crippen LogP contribution is 2.39. The smallest absolute Gasteiger partial charge is 0.315 e. The van der Waals surface area contributed by atoms with E-state index in [0.717, 1.165) is 22.5 Å². The number of hydrogen-bond acceptors (Lipinski definition) is 3. The number of likely N-dealkylation sites (N-methyl/N-ethyl adjacent to an activating group) is 1. The minimum atomic E-state index is -4.79. The molecule has 0 spiro atoms. The van der Waals surface area contributed by atoms with Crippen LogP contribution in [0.3, 0.4) is 0 Å². The van der Waals surface area contributed by atoms with Crippen LogP contribution in [0.25, 0.3) is 0 Å². The summed E-state index contributed by atoms with van der Waals surface area (Å²) in [6.07, 6.45) is -4.25. The number of alkyl halides is 3. The molecule has 2 rings (SSSR count). The fourth-order valence-corrected chi connectivity index (χ4v) is 4.39. The molecule has 9 heteroatoms. The molecule has 1 N–H and O–H groups in total. The minimum absolute atomic E-state index is 0.382. The van der Waals surface area contributed by atoms with E-state index in [9.17, 15) is 21.6 Å². The maximum Gasteiger partial charge on any atom is 0.417 e. The maximum atomic E-state index is 13.0. The lowest BCUT2D eigenvalue weighted by atomic mass is 10.2. The third kappa shape index (κ3) is 3.18. The van der Waals surface area contributed by atoms with Gasteiger partial charge < -0.3 is 5.32 Å². The van der Waals surface area contributed by atoms with Gasteiger partial charge in [0.1, 0.15) is 4.90 Å². The topological polar surface area (TPSA) is 49.4 Å². The zero-order valence-corrected chi connectivity index (χ0v) is 12.7. The van der Waals surface area contributed by atoms with Crippen LogP contribution in [-0.4, -0.2) is 38.9 Å². The van der Waals surface area contributed by atoms with Gasteiger partial charge in [-0.3, -0.25) is 0 Å². The van der Waals surface area contributed by atoms with Crippen LogP contribution in [-0.2, 0) is 16.2 Å². The molecule has 1 saturated heterocycles. The van der Waals surface area contributed by atoms with Crippen molar-refractivity contribution in [3.8, 4) is 0 Å². The average molecular weight is 343 g/mol. The highest BCUT2D eigenvalue weighted by atomic mass is 35.5. The molecule has 21 heavy (non-hydrogen) atoms. The van der Waals surface area contributed by atoms with Gasteiger partial charge in [0, 0.05) is 19.6 Å². The van der Waals surface area contributed by atoms with E-state index in [1.165, 1.54) is 7.05 Å². The second-order valence-electron chi connectivity index (χ2n) is 4.78. The van der Waals surface area contributed by atoms with Crippen molar-refractivity contribution in [2.24, 2.45) is 0 Å². The molecule has 1 aliphatic rings. The fraction of sp³-hybridized carbons (Fsp3) is 0.500. The van der Waals surface area contributed by atoms with Crippen LogP contribution in [0, 0.1) is 0 Å². The normalized spacial score (nSPS) is 20.2. The predicted molar refractivity (Wildman–Crippen MR) is 72.7 cm³/mol. The summed E-state index contributed by atoms with van der Waals surface area (Å²) in [5.41, 5.74) is -1.24. The Morgan fingerprint density at radius 1 is 1.38 bits per heavy atom. The first kappa shape index (κ1) is 16.5. The summed E-state index contributed by atoms with van der Waals surface area (Å²) < 4.78 is 65.1. The molecule has 0 radical (unpaired) electrons. The van der Waals surface area contributed by atoms with E-state index in [4.69, 9.17) is 11.6 Å². The summed E-state index contributed by atoms with van der Waals surface area (Å²) in [5, 5.41) is 2.55. The molecule has 1 fully saturated rings. The Morgan fingerprint density at radius 3 is 2.57 bits per heavy atom. The summed E-state index contributed by atoms with van der Waals surface area (Å²) in [6, 6.07) is 2.57. The van der Waals surface area contributed by atoms with Crippen LogP contribution in [0.2, 0.25) is 5.02 Å². The second-order valence-corrected chi connectivity index (χ2v) is 7.12. The number of halogens is 4. The SMILES string of the molecule is CN(C1CCNC1)S(=O)(=O)c1c(Cl)cccc1C(F)(F)F. The molecular weight excluding hydrogens is 329 g/mol. The van der Waals surface area contributed by atoms with E-state index >= 15 is 0 Å². The van der Waals surface area contributed by atoms with Crippen LogP contribution < -0.4 is 5.32 Å². The van der Waals surface area contributed by atoms with Crippen molar-refractivity contribution in [2.45, 2.75) is 23.5 Å².